The van der Waals surface area contributed by atoms with E-state index in [4.69, 9.17) is 14.5 Å². The normalized spacial score (nSPS) is 14.4. The van der Waals surface area contributed by atoms with E-state index in [1.165, 1.54) is 0 Å². The lowest BCUT2D eigenvalue weighted by Gasteiger charge is -2.19. The van der Waals surface area contributed by atoms with Crippen molar-refractivity contribution in [2.75, 3.05) is 13.2 Å². The number of hydrogen-bond acceptors (Lipinski definition) is 3. The first-order valence-electron chi connectivity index (χ1n) is 4.56. The molecule has 4 heteroatoms. The molecule has 1 aliphatic rings. The minimum atomic E-state index is 0.573. The smallest absolute Gasteiger partial charge is 0.172 e. The molecule has 0 spiro atoms. The molecule has 2 rings (SSSR count). The molecule has 0 aliphatic carbocycles. The quantitative estimate of drug-likeness (QED) is 0.764. The Balaban J connectivity index is 2.43. The summed E-state index contributed by atoms with van der Waals surface area (Å²) in [6, 6.07) is 3.78. The second-order valence-electron chi connectivity index (χ2n) is 2.94. The summed E-state index contributed by atoms with van der Waals surface area (Å²) in [6.07, 6.45) is 0.824. The summed E-state index contributed by atoms with van der Waals surface area (Å²) in [7, 11) is 0. The van der Waals surface area contributed by atoms with Gasteiger partial charge in [0.15, 0.2) is 5.75 Å². The Bertz CT molecular complexity index is 338. The molecule has 0 atom stereocenters. The summed E-state index contributed by atoms with van der Waals surface area (Å²) in [5.41, 5.74) is 1.08. The van der Waals surface area contributed by atoms with Crippen LogP contribution in [0.2, 0.25) is 0 Å². The van der Waals surface area contributed by atoms with Gasteiger partial charge in [0.05, 0.1) is 17.7 Å². The van der Waals surface area contributed by atoms with E-state index < -0.39 is 0 Å². The maximum Gasteiger partial charge on any atom is 0.172 e. The fourth-order valence-electron chi connectivity index (χ4n) is 1.45. The Morgan fingerprint density at radius 2 is 2.36 bits per heavy atom. The zero-order valence-corrected chi connectivity index (χ0v) is 9.46. The second-order valence-corrected chi connectivity index (χ2v) is 3.80. The molecule has 1 aliphatic heterocycles. The van der Waals surface area contributed by atoms with Gasteiger partial charge >= 0.3 is 0 Å². The van der Waals surface area contributed by atoms with E-state index in [1.807, 2.05) is 19.1 Å². The van der Waals surface area contributed by atoms with Crippen molar-refractivity contribution in [1.29, 1.82) is 0 Å². The molecule has 0 radical (unpaired) electrons. The topological polar surface area (TPSA) is 27.7 Å². The standard InChI is InChI=1S/C10H11BrO3/c1-2-12-10-7-5-6-13-14-9(7)4-3-8(10)11/h3-4H,2,5-6H2,1H3. The molecule has 0 N–H and O–H groups in total. The Kier molecular flexibility index (Phi) is 2.93. The lowest BCUT2D eigenvalue weighted by atomic mass is 10.1. The molecule has 14 heavy (non-hydrogen) atoms. The van der Waals surface area contributed by atoms with Gasteiger partial charge in [-0.2, -0.15) is 4.89 Å². The summed E-state index contributed by atoms with van der Waals surface area (Å²) in [5, 5.41) is 0. The number of hydrogen-bond donors (Lipinski definition) is 0. The molecule has 0 aromatic heterocycles. The van der Waals surface area contributed by atoms with Gasteiger partial charge in [-0.15, -0.1) is 0 Å². The third-order valence-electron chi connectivity index (χ3n) is 2.04. The average molecular weight is 259 g/mol. The van der Waals surface area contributed by atoms with E-state index in [2.05, 4.69) is 15.9 Å². The van der Waals surface area contributed by atoms with E-state index in [1.54, 1.807) is 0 Å². The van der Waals surface area contributed by atoms with Crippen molar-refractivity contribution in [1.82, 2.24) is 0 Å². The fourth-order valence-corrected chi connectivity index (χ4v) is 1.93. The minimum absolute atomic E-state index is 0.573. The monoisotopic (exact) mass is 258 g/mol. The highest BCUT2D eigenvalue weighted by Crippen LogP contribution is 2.37. The van der Waals surface area contributed by atoms with Gasteiger partial charge in [-0.25, -0.2) is 0 Å². The summed E-state index contributed by atoms with van der Waals surface area (Å²) < 4.78 is 6.51. The van der Waals surface area contributed by atoms with Crippen LogP contribution < -0.4 is 9.62 Å². The van der Waals surface area contributed by atoms with Crippen molar-refractivity contribution in [2.45, 2.75) is 13.3 Å². The number of fused-ring (bicyclic) bond motifs is 1. The van der Waals surface area contributed by atoms with Crippen LogP contribution in [-0.2, 0) is 11.3 Å². The molecule has 0 saturated heterocycles. The van der Waals surface area contributed by atoms with Gasteiger partial charge in [-0.3, -0.25) is 0 Å². The highest BCUT2D eigenvalue weighted by atomic mass is 79.9. The lowest BCUT2D eigenvalue weighted by Crippen LogP contribution is -2.12. The number of benzene rings is 1. The lowest BCUT2D eigenvalue weighted by molar-refractivity contribution is -0.215. The van der Waals surface area contributed by atoms with Gasteiger partial charge in [-0.1, -0.05) is 0 Å². The Morgan fingerprint density at radius 1 is 1.50 bits per heavy atom. The molecule has 76 valence electrons. The maximum absolute atomic E-state index is 5.55. The first-order valence-corrected chi connectivity index (χ1v) is 5.36. The summed E-state index contributed by atoms with van der Waals surface area (Å²) in [6.45, 7) is 3.19. The van der Waals surface area contributed by atoms with Gasteiger partial charge in [0, 0.05) is 12.0 Å². The van der Waals surface area contributed by atoms with Crippen molar-refractivity contribution < 1.29 is 14.5 Å². The van der Waals surface area contributed by atoms with Crippen molar-refractivity contribution in [2.24, 2.45) is 0 Å². The van der Waals surface area contributed by atoms with Crippen LogP contribution in [0.4, 0.5) is 0 Å². The SMILES string of the molecule is CCOc1c(Br)ccc2c1CCOO2. The van der Waals surface area contributed by atoms with E-state index in [0.717, 1.165) is 28.0 Å². The third-order valence-corrected chi connectivity index (χ3v) is 2.67. The fraction of sp³-hybridized carbons (Fsp3) is 0.400. The zero-order chi connectivity index (χ0) is 9.97. The van der Waals surface area contributed by atoms with Crippen LogP contribution in [0.3, 0.4) is 0 Å². The second kappa shape index (κ2) is 4.19. The van der Waals surface area contributed by atoms with Crippen molar-refractivity contribution >= 4 is 15.9 Å². The first-order chi connectivity index (χ1) is 6.83. The minimum Gasteiger partial charge on any atom is -0.492 e. The van der Waals surface area contributed by atoms with Crippen LogP contribution in [0.25, 0.3) is 0 Å². The Morgan fingerprint density at radius 3 is 3.14 bits per heavy atom. The van der Waals surface area contributed by atoms with E-state index in [-0.39, 0.29) is 0 Å². The molecule has 0 unspecified atom stereocenters. The van der Waals surface area contributed by atoms with E-state index >= 15 is 0 Å². The van der Waals surface area contributed by atoms with Gasteiger partial charge in [0.1, 0.15) is 5.75 Å². The Hall–Kier alpha value is -0.740. The predicted molar refractivity (Wildman–Crippen MR) is 55.6 cm³/mol. The first kappa shape index (κ1) is 9.80. The van der Waals surface area contributed by atoms with Crippen LogP contribution in [0.5, 0.6) is 11.5 Å². The van der Waals surface area contributed by atoms with Crippen LogP contribution in [-0.4, -0.2) is 13.2 Å². The van der Waals surface area contributed by atoms with Crippen molar-refractivity contribution in [3.63, 3.8) is 0 Å². The van der Waals surface area contributed by atoms with Crippen molar-refractivity contribution in [3.8, 4) is 11.5 Å². The summed E-state index contributed by atoms with van der Waals surface area (Å²) in [5.74, 6) is 1.62. The molecule has 0 bridgehead atoms. The largest absolute Gasteiger partial charge is 0.492 e. The zero-order valence-electron chi connectivity index (χ0n) is 7.88. The van der Waals surface area contributed by atoms with Gasteiger partial charge < -0.3 is 9.62 Å². The van der Waals surface area contributed by atoms with Crippen LogP contribution in [0.15, 0.2) is 16.6 Å². The van der Waals surface area contributed by atoms with Crippen molar-refractivity contribution in [3.05, 3.63) is 22.2 Å². The predicted octanol–water partition coefficient (Wildman–Crippen LogP) is 2.71. The molecule has 1 heterocycles. The third kappa shape index (κ3) is 1.72. The molecular formula is C10H11BrO3. The highest BCUT2D eigenvalue weighted by Gasteiger charge is 2.18. The van der Waals surface area contributed by atoms with Gasteiger partial charge in [-0.05, 0) is 35.0 Å². The molecule has 0 saturated carbocycles. The molecule has 3 nitrogen and oxygen atoms in total. The van der Waals surface area contributed by atoms with E-state index in [0.29, 0.717) is 13.2 Å². The van der Waals surface area contributed by atoms with E-state index in [9.17, 15) is 0 Å². The van der Waals surface area contributed by atoms with Crippen LogP contribution >= 0.6 is 15.9 Å². The summed E-state index contributed by atoms with van der Waals surface area (Å²) >= 11 is 3.45. The number of rotatable bonds is 2. The number of ether oxygens (including phenoxy) is 1. The van der Waals surface area contributed by atoms with Gasteiger partial charge in [0.2, 0.25) is 0 Å². The van der Waals surface area contributed by atoms with Gasteiger partial charge in [0.25, 0.3) is 0 Å². The summed E-state index contributed by atoms with van der Waals surface area (Å²) in [4.78, 5) is 9.96. The highest BCUT2D eigenvalue weighted by molar-refractivity contribution is 9.10. The maximum atomic E-state index is 5.55. The molecule has 0 fully saturated rings. The molecular weight excluding hydrogens is 248 g/mol. The van der Waals surface area contributed by atoms with Crippen LogP contribution in [0, 0.1) is 0 Å². The number of halogens is 1. The molecule has 0 amide bonds. The Labute approximate surface area is 91.0 Å². The van der Waals surface area contributed by atoms with Crippen LogP contribution in [0.1, 0.15) is 12.5 Å². The molecule has 1 aromatic rings. The molecule has 1 aromatic carbocycles. The average Bonchev–Trinajstić information content (AvgIpc) is 2.23.